The molecule has 0 unspecified atom stereocenters. The van der Waals surface area contributed by atoms with Crippen molar-refractivity contribution in [3.05, 3.63) is 24.2 Å². The Kier molecular flexibility index (Phi) is 3.91. The Balaban J connectivity index is 2.47. The van der Waals surface area contributed by atoms with Crippen molar-refractivity contribution in [3.63, 3.8) is 0 Å². The molecular weight excluding hydrogens is 192 g/mol. The summed E-state index contributed by atoms with van der Waals surface area (Å²) in [4.78, 5) is 11.3. The van der Waals surface area contributed by atoms with E-state index < -0.39 is 0 Å². The van der Waals surface area contributed by atoms with Gasteiger partial charge in [-0.1, -0.05) is 13.8 Å². The highest BCUT2D eigenvalue weighted by Crippen LogP contribution is 2.22. The molecule has 0 radical (unpaired) electrons. The molecule has 0 atom stereocenters. The summed E-state index contributed by atoms with van der Waals surface area (Å²) in [5, 5.41) is 5.65. The second kappa shape index (κ2) is 4.98. The van der Waals surface area contributed by atoms with Crippen molar-refractivity contribution in [2.75, 3.05) is 20.1 Å². The van der Waals surface area contributed by atoms with E-state index in [2.05, 4.69) is 10.6 Å². The number of hydrogen-bond donors (Lipinski definition) is 2. The van der Waals surface area contributed by atoms with Gasteiger partial charge in [0.25, 0.3) is 0 Å². The van der Waals surface area contributed by atoms with Crippen LogP contribution in [0.25, 0.3) is 0 Å². The third kappa shape index (κ3) is 3.40. The predicted octanol–water partition coefficient (Wildman–Crippen LogP) is 0.893. The minimum atomic E-state index is -0.174. The van der Waals surface area contributed by atoms with E-state index in [1.165, 1.54) is 0 Å². The molecule has 1 aromatic rings. The molecule has 1 rings (SSSR count). The first-order valence-electron chi connectivity index (χ1n) is 5.01. The molecule has 2 N–H and O–H groups in total. The van der Waals surface area contributed by atoms with Crippen molar-refractivity contribution in [3.8, 4) is 0 Å². The SMILES string of the molecule is CNCC(=O)NCC(C)(C)c1ccco1. The molecule has 0 aliphatic carbocycles. The van der Waals surface area contributed by atoms with Crippen molar-refractivity contribution < 1.29 is 9.21 Å². The average molecular weight is 210 g/mol. The second-order valence-corrected chi connectivity index (χ2v) is 4.17. The highest BCUT2D eigenvalue weighted by atomic mass is 16.3. The number of nitrogens with one attached hydrogen (secondary N) is 2. The molecule has 1 amide bonds. The third-order valence-corrected chi connectivity index (χ3v) is 2.25. The zero-order chi connectivity index (χ0) is 11.3. The number of furan rings is 1. The van der Waals surface area contributed by atoms with Gasteiger partial charge in [-0.15, -0.1) is 0 Å². The maximum Gasteiger partial charge on any atom is 0.233 e. The van der Waals surface area contributed by atoms with Crippen LogP contribution in [-0.4, -0.2) is 26.0 Å². The largest absolute Gasteiger partial charge is 0.469 e. The van der Waals surface area contributed by atoms with Gasteiger partial charge >= 0.3 is 0 Å². The molecule has 0 aliphatic rings. The minimum absolute atomic E-state index is 0.00266. The smallest absolute Gasteiger partial charge is 0.233 e. The van der Waals surface area contributed by atoms with E-state index in [0.29, 0.717) is 13.1 Å². The second-order valence-electron chi connectivity index (χ2n) is 4.17. The molecule has 1 heterocycles. The van der Waals surface area contributed by atoms with Crippen LogP contribution in [0.5, 0.6) is 0 Å². The lowest BCUT2D eigenvalue weighted by molar-refractivity contribution is -0.120. The van der Waals surface area contributed by atoms with Crippen molar-refractivity contribution in [2.45, 2.75) is 19.3 Å². The molecule has 15 heavy (non-hydrogen) atoms. The molecule has 0 spiro atoms. The average Bonchev–Trinajstić information content (AvgIpc) is 2.69. The first-order chi connectivity index (χ1) is 7.06. The van der Waals surface area contributed by atoms with Crippen molar-refractivity contribution >= 4 is 5.91 Å². The van der Waals surface area contributed by atoms with Gasteiger partial charge in [-0.3, -0.25) is 4.79 Å². The molecule has 4 heteroatoms. The lowest BCUT2D eigenvalue weighted by atomic mass is 9.90. The van der Waals surface area contributed by atoms with Gasteiger partial charge in [0.2, 0.25) is 5.91 Å². The van der Waals surface area contributed by atoms with Gasteiger partial charge in [-0.25, -0.2) is 0 Å². The van der Waals surface area contributed by atoms with E-state index in [1.807, 2.05) is 26.0 Å². The summed E-state index contributed by atoms with van der Waals surface area (Å²) in [6, 6.07) is 3.77. The minimum Gasteiger partial charge on any atom is -0.469 e. The van der Waals surface area contributed by atoms with Crippen molar-refractivity contribution in [2.24, 2.45) is 0 Å². The van der Waals surface area contributed by atoms with Crippen LogP contribution in [0.2, 0.25) is 0 Å². The van der Waals surface area contributed by atoms with E-state index in [1.54, 1.807) is 13.3 Å². The van der Waals surface area contributed by atoms with E-state index in [0.717, 1.165) is 5.76 Å². The molecule has 0 saturated heterocycles. The van der Waals surface area contributed by atoms with Gasteiger partial charge in [0, 0.05) is 12.0 Å². The van der Waals surface area contributed by atoms with E-state index in [-0.39, 0.29) is 11.3 Å². The lowest BCUT2D eigenvalue weighted by Crippen LogP contribution is -2.40. The van der Waals surface area contributed by atoms with Crippen LogP contribution >= 0.6 is 0 Å². The van der Waals surface area contributed by atoms with Crippen LogP contribution in [0.3, 0.4) is 0 Å². The molecule has 0 bridgehead atoms. The maximum atomic E-state index is 11.3. The Morgan fingerprint density at radius 1 is 1.53 bits per heavy atom. The molecule has 84 valence electrons. The van der Waals surface area contributed by atoms with Gasteiger partial charge in [0.15, 0.2) is 0 Å². The zero-order valence-corrected chi connectivity index (χ0v) is 9.46. The molecule has 1 aromatic heterocycles. The molecule has 0 aliphatic heterocycles. The Labute approximate surface area is 90.0 Å². The van der Waals surface area contributed by atoms with Crippen LogP contribution in [0, 0.1) is 0 Å². The Morgan fingerprint density at radius 2 is 2.27 bits per heavy atom. The van der Waals surface area contributed by atoms with Gasteiger partial charge in [-0.2, -0.15) is 0 Å². The number of carbonyl (C=O) groups is 1. The van der Waals surface area contributed by atoms with Gasteiger partial charge in [0.05, 0.1) is 12.8 Å². The van der Waals surface area contributed by atoms with Crippen LogP contribution in [-0.2, 0) is 10.2 Å². The normalized spacial score (nSPS) is 11.4. The lowest BCUT2D eigenvalue weighted by Gasteiger charge is -2.22. The van der Waals surface area contributed by atoms with Crippen molar-refractivity contribution in [1.82, 2.24) is 10.6 Å². The quantitative estimate of drug-likeness (QED) is 0.759. The van der Waals surface area contributed by atoms with E-state index in [9.17, 15) is 4.79 Å². The molecule has 0 aromatic carbocycles. The Morgan fingerprint density at radius 3 is 2.80 bits per heavy atom. The summed E-state index contributed by atoms with van der Waals surface area (Å²) in [6.45, 7) is 4.98. The van der Waals surface area contributed by atoms with Crippen LogP contribution < -0.4 is 10.6 Å². The van der Waals surface area contributed by atoms with Crippen LogP contribution in [0.4, 0.5) is 0 Å². The first-order valence-corrected chi connectivity index (χ1v) is 5.01. The summed E-state index contributed by atoms with van der Waals surface area (Å²) in [5.74, 6) is 0.879. The topological polar surface area (TPSA) is 54.3 Å². The van der Waals surface area contributed by atoms with Gasteiger partial charge in [-0.05, 0) is 19.2 Å². The van der Waals surface area contributed by atoms with E-state index >= 15 is 0 Å². The summed E-state index contributed by atoms with van der Waals surface area (Å²) in [5.41, 5.74) is -0.174. The third-order valence-electron chi connectivity index (χ3n) is 2.25. The van der Waals surface area contributed by atoms with Crippen LogP contribution in [0.15, 0.2) is 22.8 Å². The number of carbonyl (C=O) groups excluding carboxylic acids is 1. The van der Waals surface area contributed by atoms with Crippen molar-refractivity contribution in [1.29, 1.82) is 0 Å². The fraction of sp³-hybridized carbons (Fsp3) is 0.545. The summed E-state index contributed by atoms with van der Waals surface area (Å²) in [6.07, 6.45) is 1.65. The highest BCUT2D eigenvalue weighted by molar-refractivity contribution is 5.78. The monoisotopic (exact) mass is 210 g/mol. The Bertz CT molecular complexity index is 304. The summed E-state index contributed by atoms with van der Waals surface area (Å²) >= 11 is 0. The maximum absolute atomic E-state index is 11.3. The number of amides is 1. The van der Waals surface area contributed by atoms with E-state index in [4.69, 9.17) is 4.42 Å². The standard InChI is InChI=1S/C11H18N2O2/c1-11(2,9-5-4-6-15-9)8-13-10(14)7-12-3/h4-6,12H,7-8H2,1-3H3,(H,13,14). The first kappa shape index (κ1) is 11.8. The molecule has 0 saturated carbocycles. The fourth-order valence-electron chi connectivity index (χ4n) is 1.29. The van der Waals surface area contributed by atoms with Gasteiger partial charge < -0.3 is 15.1 Å². The molecule has 4 nitrogen and oxygen atoms in total. The van der Waals surface area contributed by atoms with Gasteiger partial charge in [0.1, 0.15) is 5.76 Å². The molecule has 0 fully saturated rings. The summed E-state index contributed by atoms with van der Waals surface area (Å²) in [7, 11) is 1.75. The molecular formula is C11H18N2O2. The Hall–Kier alpha value is -1.29. The zero-order valence-electron chi connectivity index (χ0n) is 9.46. The number of hydrogen-bond acceptors (Lipinski definition) is 3. The fourth-order valence-corrected chi connectivity index (χ4v) is 1.29. The van der Waals surface area contributed by atoms with Crippen LogP contribution in [0.1, 0.15) is 19.6 Å². The highest BCUT2D eigenvalue weighted by Gasteiger charge is 2.23. The predicted molar refractivity (Wildman–Crippen MR) is 58.7 cm³/mol. The number of likely N-dealkylation sites (N-methyl/N-ethyl adjacent to an activating group) is 1. The summed E-state index contributed by atoms with van der Waals surface area (Å²) < 4.78 is 5.32. The number of rotatable bonds is 5.